The Balaban J connectivity index is 1.94. The van der Waals surface area contributed by atoms with Crippen LogP contribution in [0.1, 0.15) is 48.6 Å². The van der Waals surface area contributed by atoms with Crippen molar-refractivity contribution in [1.82, 2.24) is 0 Å². The molecule has 1 aliphatic rings. The third-order valence-electron chi connectivity index (χ3n) is 5.25. The van der Waals surface area contributed by atoms with E-state index in [0.717, 1.165) is 12.4 Å². The van der Waals surface area contributed by atoms with Gasteiger partial charge in [-0.05, 0) is 99.5 Å². The van der Waals surface area contributed by atoms with E-state index in [1.807, 2.05) is 6.92 Å². The number of hydrogen-bond donors (Lipinski definition) is 0. The second kappa shape index (κ2) is 7.65. The SMILES string of the molecule is CCOc1c(C)cc(-c2cc(C)c(C(C)(C)OCC3CO3)c(C)c2)cc1C. The summed E-state index contributed by atoms with van der Waals surface area (Å²) in [6.45, 7) is 17.1. The fourth-order valence-corrected chi connectivity index (χ4v) is 4.11. The molecule has 3 nitrogen and oxygen atoms in total. The normalized spacial score (nSPS) is 16.5. The first-order valence-electron chi connectivity index (χ1n) is 9.84. The molecule has 2 aromatic carbocycles. The molecule has 27 heavy (non-hydrogen) atoms. The molecule has 0 N–H and O–H groups in total. The van der Waals surface area contributed by atoms with Gasteiger partial charge in [-0.2, -0.15) is 0 Å². The minimum atomic E-state index is -0.330. The van der Waals surface area contributed by atoms with Gasteiger partial charge in [-0.3, -0.25) is 0 Å². The van der Waals surface area contributed by atoms with Gasteiger partial charge in [-0.25, -0.2) is 0 Å². The Bertz CT molecular complexity index is 786. The molecule has 1 fully saturated rings. The number of ether oxygens (including phenoxy) is 3. The van der Waals surface area contributed by atoms with Crippen LogP contribution in [0.15, 0.2) is 24.3 Å². The predicted molar refractivity (Wildman–Crippen MR) is 111 cm³/mol. The van der Waals surface area contributed by atoms with E-state index < -0.39 is 0 Å². The smallest absolute Gasteiger partial charge is 0.125 e. The second-order valence-electron chi connectivity index (χ2n) is 8.13. The number of benzene rings is 2. The monoisotopic (exact) mass is 368 g/mol. The van der Waals surface area contributed by atoms with Crippen molar-refractivity contribution in [3.05, 3.63) is 52.1 Å². The molecule has 0 aromatic heterocycles. The van der Waals surface area contributed by atoms with E-state index in [0.29, 0.717) is 13.2 Å². The summed E-state index contributed by atoms with van der Waals surface area (Å²) in [5.74, 6) is 1.00. The highest BCUT2D eigenvalue weighted by Crippen LogP contribution is 2.36. The molecule has 2 aromatic rings. The van der Waals surface area contributed by atoms with Crippen LogP contribution in [0.3, 0.4) is 0 Å². The molecule has 0 spiro atoms. The van der Waals surface area contributed by atoms with Crippen molar-refractivity contribution in [2.45, 2.75) is 60.2 Å². The maximum absolute atomic E-state index is 6.19. The summed E-state index contributed by atoms with van der Waals surface area (Å²) in [7, 11) is 0. The van der Waals surface area contributed by atoms with Crippen LogP contribution in [0, 0.1) is 27.7 Å². The van der Waals surface area contributed by atoms with Crippen LogP contribution in [0.5, 0.6) is 5.75 Å². The number of rotatable bonds is 7. The molecule has 1 heterocycles. The lowest BCUT2D eigenvalue weighted by Gasteiger charge is -2.30. The zero-order valence-electron chi connectivity index (χ0n) is 17.7. The van der Waals surface area contributed by atoms with E-state index in [-0.39, 0.29) is 11.7 Å². The maximum Gasteiger partial charge on any atom is 0.125 e. The van der Waals surface area contributed by atoms with Crippen molar-refractivity contribution >= 4 is 0 Å². The number of epoxide rings is 1. The maximum atomic E-state index is 6.19. The summed E-state index contributed by atoms with van der Waals surface area (Å²) >= 11 is 0. The first-order valence-corrected chi connectivity index (χ1v) is 9.84. The van der Waals surface area contributed by atoms with Gasteiger partial charge in [0.05, 0.1) is 25.4 Å². The Morgan fingerprint density at radius 2 is 1.41 bits per heavy atom. The molecular weight excluding hydrogens is 336 g/mol. The van der Waals surface area contributed by atoms with Gasteiger partial charge < -0.3 is 14.2 Å². The average Bonchev–Trinajstić information content (AvgIpc) is 3.39. The summed E-state index contributed by atoms with van der Waals surface area (Å²) in [6, 6.07) is 8.99. The first kappa shape index (κ1) is 19.9. The standard InChI is InChI=1S/C24H32O3/c1-8-25-23-17(4)11-20(12-18(23)5)19-9-15(2)22(16(3)10-19)24(6,7)27-14-21-13-26-21/h9-12,21H,8,13-14H2,1-7H3. The molecule has 0 aliphatic carbocycles. The first-order chi connectivity index (χ1) is 12.7. The van der Waals surface area contributed by atoms with Gasteiger partial charge in [0.25, 0.3) is 0 Å². The summed E-state index contributed by atoms with van der Waals surface area (Å²) in [4.78, 5) is 0. The highest BCUT2D eigenvalue weighted by molar-refractivity contribution is 5.70. The Hall–Kier alpha value is -1.84. The lowest BCUT2D eigenvalue weighted by atomic mass is 9.86. The van der Waals surface area contributed by atoms with Crippen molar-refractivity contribution in [2.24, 2.45) is 0 Å². The van der Waals surface area contributed by atoms with Crippen molar-refractivity contribution in [3.8, 4) is 16.9 Å². The van der Waals surface area contributed by atoms with E-state index in [2.05, 4.69) is 65.8 Å². The largest absolute Gasteiger partial charge is 0.493 e. The minimum Gasteiger partial charge on any atom is -0.493 e. The summed E-state index contributed by atoms with van der Waals surface area (Å²) in [6.07, 6.45) is 0.277. The minimum absolute atomic E-state index is 0.277. The third-order valence-corrected chi connectivity index (χ3v) is 5.25. The van der Waals surface area contributed by atoms with Gasteiger partial charge >= 0.3 is 0 Å². The van der Waals surface area contributed by atoms with Gasteiger partial charge in [0.1, 0.15) is 11.9 Å². The fourth-order valence-electron chi connectivity index (χ4n) is 4.11. The van der Waals surface area contributed by atoms with Crippen LogP contribution in [-0.2, 0) is 15.1 Å². The Kier molecular flexibility index (Phi) is 5.64. The van der Waals surface area contributed by atoms with E-state index in [4.69, 9.17) is 14.2 Å². The van der Waals surface area contributed by atoms with Crippen molar-refractivity contribution < 1.29 is 14.2 Å². The van der Waals surface area contributed by atoms with Crippen molar-refractivity contribution in [3.63, 3.8) is 0 Å². The second-order valence-corrected chi connectivity index (χ2v) is 8.13. The highest BCUT2D eigenvalue weighted by Gasteiger charge is 2.30. The van der Waals surface area contributed by atoms with Gasteiger partial charge in [0, 0.05) is 0 Å². The molecule has 1 atom stereocenters. The molecule has 1 unspecified atom stereocenters. The molecule has 0 saturated carbocycles. The summed E-state index contributed by atoms with van der Waals surface area (Å²) in [5.41, 5.74) is 8.29. The lowest BCUT2D eigenvalue weighted by molar-refractivity contribution is -0.0293. The van der Waals surface area contributed by atoms with Crippen LogP contribution < -0.4 is 4.74 Å². The number of aryl methyl sites for hydroxylation is 4. The van der Waals surface area contributed by atoms with Crippen LogP contribution in [-0.4, -0.2) is 25.9 Å². The molecule has 0 radical (unpaired) electrons. The zero-order chi connectivity index (χ0) is 19.8. The summed E-state index contributed by atoms with van der Waals surface area (Å²) in [5, 5.41) is 0. The van der Waals surface area contributed by atoms with Crippen LogP contribution in [0.2, 0.25) is 0 Å². The quantitative estimate of drug-likeness (QED) is 0.593. The van der Waals surface area contributed by atoms with Gasteiger partial charge in [0.15, 0.2) is 0 Å². The number of hydrogen-bond acceptors (Lipinski definition) is 3. The molecular formula is C24H32O3. The predicted octanol–water partition coefficient (Wildman–Crippen LogP) is 5.64. The average molecular weight is 369 g/mol. The van der Waals surface area contributed by atoms with E-state index in [9.17, 15) is 0 Å². The van der Waals surface area contributed by atoms with Crippen LogP contribution in [0.25, 0.3) is 11.1 Å². The zero-order valence-corrected chi connectivity index (χ0v) is 17.7. The van der Waals surface area contributed by atoms with E-state index in [1.54, 1.807) is 0 Å². The van der Waals surface area contributed by atoms with Gasteiger partial charge in [-0.1, -0.05) is 12.1 Å². The van der Waals surface area contributed by atoms with Crippen molar-refractivity contribution in [2.75, 3.05) is 19.8 Å². The Morgan fingerprint density at radius 3 is 1.85 bits per heavy atom. The van der Waals surface area contributed by atoms with Gasteiger partial charge in [0.2, 0.25) is 0 Å². The topological polar surface area (TPSA) is 31.0 Å². The summed E-state index contributed by atoms with van der Waals surface area (Å²) < 4.78 is 17.3. The van der Waals surface area contributed by atoms with E-state index >= 15 is 0 Å². The van der Waals surface area contributed by atoms with Crippen LogP contribution in [0.4, 0.5) is 0 Å². The fraction of sp³-hybridized carbons (Fsp3) is 0.500. The van der Waals surface area contributed by atoms with Gasteiger partial charge in [-0.15, -0.1) is 0 Å². The molecule has 1 aliphatic heterocycles. The molecule has 146 valence electrons. The van der Waals surface area contributed by atoms with E-state index in [1.165, 1.54) is 38.9 Å². The third kappa shape index (κ3) is 4.36. The molecule has 0 amide bonds. The van der Waals surface area contributed by atoms with Crippen molar-refractivity contribution in [1.29, 1.82) is 0 Å². The van der Waals surface area contributed by atoms with Crippen LogP contribution >= 0.6 is 0 Å². The molecule has 1 saturated heterocycles. The molecule has 3 heteroatoms. The Labute approximate surface area is 163 Å². The molecule has 3 rings (SSSR count). The highest BCUT2D eigenvalue weighted by atomic mass is 16.6. The molecule has 0 bridgehead atoms. The lowest BCUT2D eigenvalue weighted by Crippen LogP contribution is -2.26. The Morgan fingerprint density at radius 1 is 0.926 bits per heavy atom.